The first-order valence-electron chi connectivity index (χ1n) is 7.45. The largest absolute Gasteiger partial charge is 0.329 e. The average molecular weight is 312 g/mol. The molecule has 4 nitrogen and oxygen atoms in total. The molecule has 1 unspecified atom stereocenters. The molecule has 0 fully saturated rings. The van der Waals surface area contributed by atoms with Gasteiger partial charge in [0.1, 0.15) is 5.01 Å². The highest BCUT2D eigenvalue weighted by molar-refractivity contribution is 7.09. The molecule has 22 heavy (non-hydrogen) atoms. The molecule has 0 saturated carbocycles. The first-order valence-corrected chi connectivity index (χ1v) is 8.33. The topological polar surface area (TPSA) is 56.7 Å². The molecule has 2 N–H and O–H groups in total. The Morgan fingerprint density at radius 1 is 1.23 bits per heavy atom. The van der Waals surface area contributed by atoms with Crippen LogP contribution in [0, 0.1) is 0 Å². The second-order valence-corrected chi connectivity index (χ2v) is 6.48. The molecule has 0 aliphatic heterocycles. The van der Waals surface area contributed by atoms with Crippen molar-refractivity contribution in [2.75, 3.05) is 6.54 Å². The minimum absolute atomic E-state index is 0.0696. The molecule has 0 saturated heterocycles. The van der Waals surface area contributed by atoms with Gasteiger partial charge in [0, 0.05) is 18.1 Å². The van der Waals surface area contributed by atoms with Crippen molar-refractivity contribution in [1.29, 1.82) is 0 Å². The van der Waals surface area contributed by atoms with E-state index in [1.165, 1.54) is 0 Å². The van der Waals surface area contributed by atoms with Gasteiger partial charge in [0.25, 0.3) is 0 Å². The van der Waals surface area contributed by atoms with Gasteiger partial charge in [0.2, 0.25) is 0 Å². The number of hydrogen-bond acceptors (Lipinski definition) is 4. The number of benzene rings is 1. The average Bonchev–Trinajstić information content (AvgIpc) is 3.19. The van der Waals surface area contributed by atoms with E-state index in [4.69, 9.17) is 10.8 Å². The second kappa shape index (κ2) is 6.42. The van der Waals surface area contributed by atoms with Crippen molar-refractivity contribution in [3.63, 3.8) is 0 Å². The van der Waals surface area contributed by atoms with Crippen LogP contribution in [0.4, 0.5) is 0 Å². The van der Waals surface area contributed by atoms with Crippen LogP contribution in [0.5, 0.6) is 0 Å². The number of rotatable bonds is 5. The first kappa shape index (κ1) is 14.9. The molecular weight excluding hydrogens is 292 g/mol. The van der Waals surface area contributed by atoms with Crippen LogP contribution in [0.25, 0.3) is 5.69 Å². The summed E-state index contributed by atoms with van der Waals surface area (Å²) in [7, 11) is 0. The van der Waals surface area contributed by atoms with Crippen LogP contribution >= 0.6 is 11.3 Å². The van der Waals surface area contributed by atoms with Gasteiger partial charge in [0.05, 0.1) is 23.0 Å². The first-order chi connectivity index (χ1) is 10.7. The van der Waals surface area contributed by atoms with E-state index in [-0.39, 0.29) is 5.92 Å². The molecule has 0 amide bonds. The Bertz CT molecular complexity index is 716. The normalized spacial score (nSPS) is 12.7. The Kier molecular flexibility index (Phi) is 4.36. The maximum atomic E-state index is 6.05. The van der Waals surface area contributed by atoms with Gasteiger partial charge in [-0.15, -0.1) is 11.3 Å². The minimum Gasteiger partial charge on any atom is -0.329 e. The summed E-state index contributed by atoms with van der Waals surface area (Å²) in [6.45, 7) is 4.83. The van der Waals surface area contributed by atoms with Gasteiger partial charge in [0.15, 0.2) is 0 Å². The smallest absolute Gasteiger partial charge is 0.103 e. The molecule has 5 heteroatoms. The van der Waals surface area contributed by atoms with E-state index >= 15 is 0 Å². The predicted molar refractivity (Wildman–Crippen MR) is 90.7 cm³/mol. The van der Waals surface area contributed by atoms with Gasteiger partial charge in [-0.1, -0.05) is 32.0 Å². The van der Waals surface area contributed by atoms with Crippen molar-refractivity contribution < 1.29 is 0 Å². The van der Waals surface area contributed by atoms with Gasteiger partial charge in [-0.3, -0.25) is 0 Å². The minimum atomic E-state index is 0.0696. The van der Waals surface area contributed by atoms with E-state index < -0.39 is 0 Å². The second-order valence-electron chi connectivity index (χ2n) is 5.55. The van der Waals surface area contributed by atoms with E-state index in [9.17, 15) is 0 Å². The summed E-state index contributed by atoms with van der Waals surface area (Å²) >= 11 is 1.64. The van der Waals surface area contributed by atoms with E-state index in [1.807, 2.05) is 34.5 Å². The molecule has 3 rings (SSSR count). The SMILES string of the molecule is CC(C)c1cc(C(CN)c2nccs2)n(-c2ccccc2)n1. The van der Waals surface area contributed by atoms with Gasteiger partial charge < -0.3 is 5.73 Å². The number of nitrogens with zero attached hydrogens (tertiary/aromatic N) is 3. The Hall–Kier alpha value is -1.98. The van der Waals surface area contributed by atoms with E-state index in [0.29, 0.717) is 12.5 Å². The lowest BCUT2D eigenvalue weighted by atomic mass is 10.0. The van der Waals surface area contributed by atoms with Crippen molar-refractivity contribution in [3.8, 4) is 5.69 Å². The summed E-state index contributed by atoms with van der Waals surface area (Å²) in [6.07, 6.45) is 1.83. The Labute approximate surface area is 134 Å². The summed E-state index contributed by atoms with van der Waals surface area (Å²) < 4.78 is 2.01. The van der Waals surface area contributed by atoms with Crippen LogP contribution in [0.3, 0.4) is 0 Å². The zero-order valence-corrected chi connectivity index (χ0v) is 13.6. The third-order valence-corrected chi connectivity index (χ3v) is 4.58. The standard InChI is InChI=1S/C17H20N4S/c1-12(2)15-10-16(14(11-18)17-19-8-9-22-17)21(20-15)13-6-4-3-5-7-13/h3-10,12,14H,11,18H2,1-2H3. The molecule has 0 spiro atoms. The van der Waals surface area contributed by atoms with Crippen LogP contribution in [0.15, 0.2) is 48.0 Å². The molecule has 1 atom stereocenters. The zero-order chi connectivity index (χ0) is 15.5. The third-order valence-electron chi connectivity index (χ3n) is 3.69. The number of nitrogens with two attached hydrogens (primary N) is 1. The zero-order valence-electron chi connectivity index (χ0n) is 12.8. The maximum absolute atomic E-state index is 6.05. The fourth-order valence-electron chi connectivity index (χ4n) is 2.48. The maximum Gasteiger partial charge on any atom is 0.103 e. The molecule has 2 aromatic heterocycles. The van der Waals surface area contributed by atoms with Gasteiger partial charge in [-0.05, 0) is 24.1 Å². The number of aromatic nitrogens is 3. The summed E-state index contributed by atoms with van der Waals surface area (Å²) in [4.78, 5) is 4.45. The molecule has 1 aromatic carbocycles. The Morgan fingerprint density at radius 3 is 2.59 bits per heavy atom. The highest BCUT2D eigenvalue weighted by Gasteiger charge is 2.22. The molecule has 0 aliphatic rings. The van der Waals surface area contributed by atoms with Gasteiger partial charge >= 0.3 is 0 Å². The highest BCUT2D eigenvalue weighted by atomic mass is 32.1. The van der Waals surface area contributed by atoms with Crippen LogP contribution in [0.2, 0.25) is 0 Å². The highest BCUT2D eigenvalue weighted by Crippen LogP contribution is 2.29. The van der Waals surface area contributed by atoms with Crippen molar-refractivity contribution in [2.24, 2.45) is 5.73 Å². The van der Waals surface area contributed by atoms with Crippen LogP contribution in [-0.4, -0.2) is 21.3 Å². The fourth-order valence-corrected chi connectivity index (χ4v) is 3.24. The third kappa shape index (κ3) is 2.82. The fraction of sp³-hybridized carbons (Fsp3) is 0.294. The lowest BCUT2D eigenvalue weighted by Gasteiger charge is -2.14. The van der Waals surface area contributed by atoms with Crippen LogP contribution in [0.1, 0.15) is 42.1 Å². The molecule has 114 valence electrons. The molecule has 0 radical (unpaired) electrons. The van der Waals surface area contributed by atoms with Gasteiger partial charge in [-0.25, -0.2) is 9.67 Å². The number of thiazole rings is 1. The number of hydrogen-bond donors (Lipinski definition) is 1. The van der Waals surface area contributed by atoms with Crippen LogP contribution < -0.4 is 5.73 Å². The molecule has 0 aliphatic carbocycles. The number of para-hydroxylation sites is 1. The quantitative estimate of drug-likeness (QED) is 0.784. The summed E-state index contributed by atoms with van der Waals surface area (Å²) in [5, 5.41) is 7.82. The van der Waals surface area contributed by atoms with E-state index in [1.54, 1.807) is 11.3 Å². The summed E-state index contributed by atoms with van der Waals surface area (Å²) in [5.41, 5.74) is 9.29. The Morgan fingerprint density at radius 2 is 2.00 bits per heavy atom. The van der Waals surface area contributed by atoms with Crippen molar-refractivity contribution in [3.05, 3.63) is 64.4 Å². The lowest BCUT2D eigenvalue weighted by molar-refractivity contribution is 0.703. The lowest BCUT2D eigenvalue weighted by Crippen LogP contribution is -2.17. The van der Waals surface area contributed by atoms with Crippen LogP contribution in [-0.2, 0) is 0 Å². The molecular formula is C17H20N4S. The molecule has 3 aromatic rings. The summed E-state index contributed by atoms with van der Waals surface area (Å²) in [5.74, 6) is 0.443. The predicted octanol–water partition coefficient (Wildman–Crippen LogP) is 3.54. The monoisotopic (exact) mass is 312 g/mol. The molecule has 2 heterocycles. The van der Waals surface area contributed by atoms with Crippen molar-refractivity contribution in [2.45, 2.75) is 25.7 Å². The van der Waals surface area contributed by atoms with Gasteiger partial charge in [-0.2, -0.15) is 5.10 Å². The van der Waals surface area contributed by atoms with E-state index in [2.05, 4.69) is 37.0 Å². The summed E-state index contributed by atoms with van der Waals surface area (Å²) in [6, 6.07) is 12.4. The Balaban J connectivity index is 2.13. The van der Waals surface area contributed by atoms with E-state index in [0.717, 1.165) is 22.1 Å². The van der Waals surface area contributed by atoms with Crippen molar-refractivity contribution in [1.82, 2.24) is 14.8 Å². The molecule has 0 bridgehead atoms. The van der Waals surface area contributed by atoms with Crippen molar-refractivity contribution >= 4 is 11.3 Å².